The highest BCUT2D eigenvalue weighted by Gasteiger charge is 2.46. The van der Waals surface area contributed by atoms with Crippen molar-refractivity contribution in [2.24, 2.45) is 0 Å². The van der Waals surface area contributed by atoms with Crippen molar-refractivity contribution in [3.05, 3.63) is 0 Å². The molecule has 76 valence electrons. The van der Waals surface area contributed by atoms with E-state index >= 15 is 0 Å². The van der Waals surface area contributed by atoms with Crippen molar-refractivity contribution >= 4 is 22.6 Å². The molecule has 2 fully saturated rings. The molecular formula is C9H14F2IN. The number of rotatable bonds is 1. The monoisotopic (exact) mass is 301 g/mol. The Morgan fingerprint density at radius 3 is 2.08 bits per heavy atom. The summed E-state index contributed by atoms with van der Waals surface area (Å²) >= 11 is 2.46. The van der Waals surface area contributed by atoms with Gasteiger partial charge >= 0.3 is 0 Å². The molecule has 0 aromatic rings. The number of likely N-dealkylation sites (tertiary alicyclic amines) is 1. The summed E-state index contributed by atoms with van der Waals surface area (Å²) in [7, 11) is 0. The van der Waals surface area contributed by atoms with Gasteiger partial charge in [0.2, 0.25) is 0 Å². The maximum absolute atomic E-state index is 12.6. The van der Waals surface area contributed by atoms with Crippen LogP contribution in [-0.4, -0.2) is 33.9 Å². The van der Waals surface area contributed by atoms with E-state index < -0.39 is 5.92 Å². The second kappa shape index (κ2) is 3.61. The van der Waals surface area contributed by atoms with E-state index in [1.807, 2.05) is 4.90 Å². The molecule has 0 amide bonds. The van der Waals surface area contributed by atoms with Gasteiger partial charge in [-0.15, -0.1) is 0 Å². The third-order valence-electron chi connectivity index (χ3n) is 3.01. The Labute approximate surface area is 91.0 Å². The molecule has 0 bridgehead atoms. The van der Waals surface area contributed by atoms with Gasteiger partial charge in [-0.2, -0.15) is 0 Å². The summed E-state index contributed by atoms with van der Waals surface area (Å²) in [6.45, 7) is 0.00710. The molecule has 1 aliphatic heterocycles. The van der Waals surface area contributed by atoms with Crippen LogP contribution in [-0.2, 0) is 0 Å². The summed E-state index contributed by atoms with van der Waals surface area (Å²) < 4.78 is 25.9. The van der Waals surface area contributed by atoms with Crippen molar-refractivity contribution < 1.29 is 8.78 Å². The average Bonchev–Trinajstić information content (AvgIpc) is 2.01. The van der Waals surface area contributed by atoms with Gasteiger partial charge < -0.3 is 0 Å². The lowest BCUT2D eigenvalue weighted by Gasteiger charge is -2.45. The van der Waals surface area contributed by atoms with E-state index in [2.05, 4.69) is 22.6 Å². The van der Waals surface area contributed by atoms with Gasteiger partial charge in [0, 0.05) is 9.97 Å². The van der Waals surface area contributed by atoms with Crippen LogP contribution < -0.4 is 0 Å². The summed E-state index contributed by atoms with van der Waals surface area (Å²) in [6, 6.07) is 0.450. The number of hydrogen-bond acceptors (Lipinski definition) is 1. The fraction of sp³-hybridized carbons (Fsp3) is 1.00. The molecule has 0 N–H and O–H groups in total. The average molecular weight is 301 g/mol. The molecule has 1 heterocycles. The van der Waals surface area contributed by atoms with E-state index in [1.54, 1.807) is 0 Å². The van der Waals surface area contributed by atoms with Crippen LogP contribution in [0.25, 0.3) is 0 Å². The standard InChI is InChI=1S/C9H14F2IN/c10-9(11)5-13(6-9)8-3-1-7(12)2-4-8/h7-8H,1-6H2. The Hall–Kier alpha value is 0.550. The topological polar surface area (TPSA) is 3.24 Å². The van der Waals surface area contributed by atoms with Gasteiger partial charge in [0.05, 0.1) is 13.1 Å². The van der Waals surface area contributed by atoms with Gasteiger partial charge in [-0.1, -0.05) is 22.6 Å². The summed E-state index contributed by atoms with van der Waals surface area (Å²) in [5.74, 6) is -2.39. The van der Waals surface area contributed by atoms with Gasteiger partial charge in [0.25, 0.3) is 5.92 Å². The molecule has 0 spiro atoms. The first kappa shape index (κ1) is 10.1. The second-order valence-electron chi connectivity index (χ2n) is 4.17. The Balaban J connectivity index is 1.78. The molecule has 2 aliphatic rings. The van der Waals surface area contributed by atoms with E-state index in [9.17, 15) is 8.78 Å². The summed E-state index contributed by atoms with van der Waals surface area (Å²) in [4.78, 5) is 1.95. The van der Waals surface area contributed by atoms with Gasteiger partial charge in [-0.3, -0.25) is 4.90 Å². The Bertz CT molecular complexity index is 182. The van der Waals surface area contributed by atoms with Gasteiger partial charge in [0.1, 0.15) is 0 Å². The molecule has 0 atom stereocenters. The van der Waals surface area contributed by atoms with Gasteiger partial charge in [0.15, 0.2) is 0 Å². The Kier molecular flexibility index (Phi) is 2.80. The highest BCUT2D eigenvalue weighted by atomic mass is 127. The molecule has 0 aromatic carbocycles. The van der Waals surface area contributed by atoms with Crippen LogP contribution >= 0.6 is 22.6 Å². The predicted molar refractivity (Wildman–Crippen MR) is 56.6 cm³/mol. The first-order valence-corrected chi connectivity index (χ1v) is 6.07. The number of halogens is 3. The van der Waals surface area contributed by atoms with Crippen molar-refractivity contribution in [2.75, 3.05) is 13.1 Å². The summed E-state index contributed by atoms with van der Waals surface area (Å²) in [5, 5.41) is 0. The van der Waals surface area contributed by atoms with Crippen molar-refractivity contribution in [1.82, 2.24) is 4.90 Å². The molecule has 1 saturated heterocycles. The fourth-order valence-electron chi connectivity index (χ4n) is 2.21. The maximum Gasteiger partial charge on any atom is 0.272 e. The van der Waals surface area contributed by atoms with Crippen LogP contribution in [0.4, 0.5) is 8.78 Å². The zero-order valence-electron chi connectivity index (χ0n) is 7.48. The van der Waals surface area contributed by atoms with Gasteiger partial charge in [-0.05, 0) is 25.7 Å². The van der Waals surface area contributed by atoms with Crippen molar-refractivity contribution in [3.63, 3.8) is 0 Å². The van der Waals surface area contributed by atoms with Gasteiger partial charge in [-0.25, -0.2) is 8.78 Å². The largest absolute Gasteiger partial charge is 0.288 e. The van der Waals surface area contributed by atoms with E-state index in [-0.39, 0.29) is 13.1 Å². The zero-order chi connectivity index (χ0) is 9.47. The van der Waals surface area contributed by atoms with E-state index in [4.69, 9.17) is 0 Å². The lowest BCUT2D eigenvalue weighted by atomic mass is 9.91. The van der Waals surface area contributed by atoms with Crippen LogP contribution in [0, 0.1) is 0 Å². The normalized spacial score (nSPS) is 39.9. The molecule has 13 heavy (non-hydrogen) atoms. The number of hydrogen-bond donors (Lipinski definition) is 0. The molecule has 2 rings (SSSR count). The van der Waals surface area contributed by atoms with E-state index in [1.165, 1.54) is 12.8 Å². The molecule has 1 nitrogen and oxygen atoms in total. The maximum atomic E-state index is 12.6. The first-order chi connectivity index (χ1) is 6.07. The molecule has 0 aromatic heterocycles. The highest BCUT2D eigenvalue weighted by molar-refractivity contribution is 14.1. The predicted octanol–water partition coefficient (Wildman–Crippen LogP) is 2.68. The number of alkyl halides is 3. The first-order valence-electron chi connectivity index (χ1n) is 4.83. The zero-order valence-corrected chi connectivity index (χ0v) is 9.64. The minimum absolute atomic E-state index is 0.00355. The lowest BCUT2D eigenvalue weighted by Crippen LogP contribution is -2.60. The van der Waals surface area contributed by atoms with E-state index in [0.717, 1.165) is 16.8 Å². The molecule has 4 heteroatoms. The summed E-state index contributed by atoms with van der Waals surface area (Å²) in [5.41, 5.74) is 0. The molecule has 0 unspecified atom stereocenters. The van der Waals surface area contributed by atoms with Crippen molar-refractivity contribution in [3.8, 4) is 0 Å². The molecule has 1 aliphatic carbocycles. The Morgan fingerprint density at radius 2 is 1.62 bits per heavy atom. The van der Waals surface area contributed by atoms with Crippen LogP contribution in [0.5, 0.6) is 0 Å². The fourth-order valence-corrected chi connectivity index (χ4v) is 2.93. The van der Waals surface area contributed by atoms with Crippen LogP contribution in [0.2, 0.25) is 0 Å². The van der Waals surface area contributed by atoms with Crippen LogP contribution in [0.1, 0.15) is 25.7 Å². The molecule has 0 radical (unpaired) electrons. The SMILES string of the molecule is FC1(F)CN(C2CCC(I)CC2)C1. The van der Waals surface area contributed by atoms with Crippen molar-refractivity contribution in [1.29, 1.82) is 0 Å². The van der Waals surface area contributed by atoms with Crippen LogP contribution in [0.15, 0.2) is 0 Å². The molecular weight excluding hydrogens is 287 g/mol. The third-order valence-corrected chi connectivity index (χ3v) is 4.26. The van der Waals surface area contributed by atoms with Crippen LogP contribution in [0.3, 0.4) is 0 Å². The molecule has 1 saturated carbocycles. The lowest BCUT2D eigenvalue weighted by molar-refractivity contribution is -0.149. The smallest absolute Gasteiger partial charge is 0.272 e. The quantitative estimate of drug-likeness (QED) is 0.532. The Morgan fingerprint density at radius 1 is 1.08 bits per heavy atom. The number of nitrogens with zero attached hydrogens (tertiary/aromatic N) is 1. The van der Waals surface area contributed by atoms with Crippen molar-refractivity contribution in [2.45, 2.75) is 41.6 Å². The minimum Gasteiger partial charge on any atom is -0.288 e. The van der Waals surface area contributed by atoms with E-state index in [0.29, 0.717) is 6.04 Å². The highest BCUT2D eigenvalue weighted by Crippen LogP contribution is 2.35. The summed E-state index contributed by atoms with van der Waals surface area (Å²) in [6.07, 6.45) is 4.63. The minimum atomic E-state index is -2.39. The second-order valence-corrected chi connectivity index (χ2v) is 5.93. The third kappa shape index (κ3) is 2.32.